The quantitative estimate of drug-likeness (QED) is 0.811. The Morgan fingerprint density at radius 2 is 2.19 bits per heavy atom. The highest BCUT2D eigenvalue weighted by atomic mass is 16.5. The zero-order chi connectivity index (χ0) is 15.1. The molecule has 1 heterocycles. The summed E-state index contributed by atoms with van der Waals surface area (Å²) in [6, 6.07) is 10.7. The number of hydrogen-bond acceptors (Lipinski definition) is 3. The van der Waals surface area contributed by atoms with Crippen molar-refractivity contribution >= 4 is 0 Å². The van der Waals surface area contributed by atoms with Gasteiger partial charge in [-0.2, -0.15) is 5.10 Å². The van der Waals surface area contributed by atoms with Crippen LogP contribution in [-0.4, -0.2) is 22.9 Å². The minimum absolute atomic E-state index is 0.352. The highest BCUT2D eigenvalue weighted by molar-refractivity contribution is 5.30. The first-order valence-electron chi connectivity index (χ1n) is 7.63. The lowest BCUT2D eigenvalue weighted by atomic mass is 10.1. The van der Waals surface area contributed by atoms with Crippen LogP contribution in [0.4, 0.5) is 0 Å². The third-order valence-corrected chi connectivity index (χ3v) is 3.61. The van der Waals surface area contributed by atoms with Gasteiger partial charge in [0.15, 0.2) is 0 Å². The normalized spacial score (nSPS) is 12.3. The smallest absolute Gasteiger partial charge is 0.119 e. The molecule has 0 spiro atoms. The highest BCUT2D eigenvalue weighted by Crippen LogP contribution is 2.19. The standard InChI is InChI=1S/C17H25N3O/c1-4-10-18-14(2)15-6-5-7-17(13-15)21-12-9-16-8-11-19-20(16)3/h5-8,11,13-14,18H,4,9-10,12H2,1-3H3. The molecule has 0 aliphatic carbocycles. The molecule has 0 fully saturated rings. The van der Waals surface area contributed by atoms with E-state index in [1.54, 1.807) is 0 Å². The van der Waals surface area contributed by atoms with E-state index >= 15 is 0 Å². The van der Waals surface area contributed by atoms with Gasteiger partial charge in [-0.05, 0) is 43.7 Å². The molecule has 2 rings (SSSR count). The summed E-state index contributed by atoms with van der Waals surface area (Å²) < 4.78 is 7.75. The number of nitrogens with zero attached hydrogens (tertiary/aromatic N) is 2. The molecular formula is C17H25N3O. The van der Waals surface area contributed by atoms with E-state index in [-0.39, 0.29) is 0 Å². The predicted molar refractivity (Wildman–Crippen MR) is 85.6 cm³/mol. The number of benzene rings is 1. The van der Waals surface area contributed by atoms with Crippen LogP contribution in [0.25, 0.3) is 0 Å². The Labute approximate surface area is 127 Å². The lowest BCUT2D eigenvalue weighted by Gasteiger charge is -2.15. The monoisotopic (exact) mass is 287 g/mol. The maximum atomic E-state index is 5.86. The summed E-state index contributed by atoms with van der Waals surface area (Å²) in [5.74, 6) is 0.930. The fourth-order valence-corrected chi connectivity index (χ4v) is 2.27. The van der Waals surface area contributed by atoms with E-state index in [2.05, 4.69) is 42.5 Å². The maximum Gasteiger partial charge on any atom is 0.119 e. The summed E-state index contributed by atoms with van der Waals surface area (Å²) in [6.45, 7) is 6.06. The number of hydrogen-bond donors (Lipinski definition) is 1. The lowest BCUT2D eigenvalue weighted by Crippen LogP contribution is -2.19. The van der Waals surface area contributed by atoms with Crippen LogP contribution in [-0.2, 0) is 13.5 Å². The van der Waals surface area contributed by atoms with Crippen LogP contribution < -0.4 is 10.1 Å². The Hall–Kier alpha value is -1.81. The van der Waals surface area contributed by atoms with Crippen LogP contribution in [0.2, 0.25) is 0 Å². The van der Waals surface area contributed by atoms with Crippen molar-refractivity contribution < 1.29 is 4.74 Å². The van der Waals surface area contributed by atoms with Crippen LogP contribution in [0, 0.1) is 0 Å². The van der Waals surface area contributed by atoms with Crippen LogP contribution in [0.5, 0.6) is 5.75 Å². The summed E-state index contributed by atoms with van der Waals surface area (Å²) in [7, 11) is 1.96. The van der Waals surface area contributed by atoms with Gasteiger partial charge in [-0.3, -0.25) is 4.68 Å². The van der Waals surface area contributed by atoms with Crippen LogP contribution in [0.1, 0.15) is 37.6 Å². The van der Waals surface area contributed by atoms with Gasteiger partial charge in [0.25, 0.3) is 0 Å². The number of nitrogens with one attached hydrogen (secondary N) is 1. The SMILES string of the molecule is CCCNC(C)c1cccc(OCCc2ccnn2C)c1. The Balaban J connectivity index is 1.87. The molecule has 1 unspecified atom stereocenters. The van der Waals surface area contributed by atoms with Crippen molar-refractivity contribution in [2.24, 2.45) is 7.05 Å². The molecular weight excluding hydrogens is 262 g/mol. The van der Waals surface area contributed by atoms with E-state index in [4.69, 9.17) is 4.74 Å². The second-order valence-corrected chi connectivity index (χ2v) is 5.29. The minimum atomic E-state index is 0.352. The first-order valence-corrected chi connectivity index (χ1v) is 7.63. The molecule has 4 heteroatoms. The van der Waals surface area contributed by atoms with Crippen molar-refractivity contribution in [2.75, 3.05) is 13.2 Å². The fourth-order valence-electron chi connectivity index (χ4n) is 2.27. The molecule has 2 aromatic rings. The van der Waals surface area contributed by atoms with E-state index in [1.165, 1.54) is 11.3 Å². The molecule has 0 aliphatic rings. The molecule has 1 aromatic heterocycles. The molecule has 1 N–H and O–H groups in total. The Morgan fingerprint density at radius 3 is 2.90 bits per heavy atom. The zero-order valence-electron chi connectivity index (χ0n) is 13.2. The van der Waals surface area contributed by atoms with Crippen LogP contribution >= 0.6 is 0 Å². The Morgan fingerprint density at radius 1 is 1.33 bits per heavy atom. The van der Waals surface area contributed by atoms with Crippen molar-refractivity contribution in [3.63, 3.8) is 0 Å². The number of ether oxygens (including phenoxy) is 1. The molecule has 0 bridgehead atoms. The number of aromatic nitrogens is 2. The fraction of sp³-hybridized carbons (Fsp3) is 0.471. The van der Waals surface area contributed by atoms with Crippen molar-refractivity contribution in [1.29, 1.82) is 0 Å². The van der Waals surface area contributed by atoms with E-state index < -0.39 is 0 Å². The minimum Gasteiger partial charge on any atom is -0.493 e. The van der Waals surface area contributed by atoms with Gasteiger partial charge in [0.2, 0.25) is 0 Å². The van der Waals surface area contributed by atoms with Crippen molar-refractivity contribution in [1.82, 2.24) is 15.1 Å². The van der Waals surface area contributed by atoms with E-state index in [0.29, 0.717) is 12.6 Å². The third-order valence-electron chi connectivity index (χ3n) is 3.61. The molecule has 0 radical (unpaired) electrons. The van der Waals surface area contributed by atoms with Crippen molar-refractivity contribution in [2.45, 2.75) is 32.7 Å². The molecule has 0 saturated heterocycles. The topological polar surface area (TPSA) is 39.1 Å². The van der Waals surface area contributed by atoms with E-state index in [9.17, 15) is 0 Å². The molecule has 4 nitrogen and oxygen atoms in total. The van der Waals surface area contributed by atoms with Gasteiger partial charge in [-0.15, -0.1) is 0 Å². The van der Waals surface area contributed by atoms with Gasteiger partial charge in [0, 0.05) is 31.4 Å². The number of aryl methyl sites for hydroxylation is 1. The molecule has 1 atom stereocenters. The maximum absolute atomic E-state index is 5.86. The largest absolute Gasteiger partial charge is 0.493 e. The Bertz CT molecular complexity index is 550. The van der Waals surface area contributed by atoms with Gasteiger partial charge in [0.05, 0.1) is 6.61 Å². The van der Waals surface area contributed by atoms with Gasteiger partial charge in [-0.1, -0.05) is 19.1 Å². The highest BCUT2D eigenvalue weighted by Gasteiger charge is 2.05. The second-order valence-electron chi connectivity index (χ2n) is 5.29. The summed E-state index contributed by atoms with van der Waals surface area (Å²) in [4.78, 5) is 0. The molecule has 0 amide bonds. The van der Waals surface area contributed by atoms with Gasteiger partial charge in [-0.25, -0.2) is 0 Å². The average molecular weight is 287 g/mol. The van der Waals surface area contributed by atoms with Crippen molar-refractivity contribution in [3.8, 4) is 5.75 Å². The molecule has 114 valence electrons. The summed E-state index contributed by atoms with van der Waals surface area (Å²) in [5, 5.41) is 7.66. The summed E-state index contributed by atoms with van der Waals surface area (Å²) in [6.07, 6.45) is 3.83. The summed E-state index contributed by atoms with van der Waals surface area (Å²) in [5.41, 5.74) is 2.45. The first kappa shape index (κ1) is 15.6. The predicted octanol–water partition coefficient (Wildman–Crippen LogP) is 3.10. The van der Waals surface area contributed by atoms with Gasteiger partial charge < -0.3 is 10.1 Å². The molecule has 1 aromatic carbocycles. The average Bonchev–Trinajstić information content (AvgIpc) is 2.90. The molecule has 21 heavy (non-hydrogen) atoms. The first-order chi connectivity index (χ1) is 10.2. The van der Waals surface area contributed by atoms with Crippen LogP contribution in [0.15, 0.2) is 36.5 Å². The van der Waals surface area contributed by atoms with E-state index in [1.807, 2.05) is 30.1 Å². The zero-order valence-corrected chi connectivity index (χ0v) is 13.2. The van der Waals surface area contributed by atoms with Gasteiger partial charge >= 0.3 is 0 Å². The lowest BCUT2D eigenvalue weighted by molar-refractivity contribution is 0.318. The van der Waals surface area contributed by atoms with E-state index in [0.717, 1.165) is 25.1 Å². The third kappa shape index (κ3) is 4.60. The molecule has 0 saturated carbocycles. The van der Waals surface area contributed by atoms with Gasteiger partial charge in [0.1, 0.15) is 5.75 Å². The second kappa shape index (κ2) is 7.84. The molecule has 0 aliphatic heterocycles. The summed E-state index contributed by atoms with van der Waals surface area (Å²) >= 11 is 0. The van der Waals surface area contributed by atoms with Crippen molar-refractivity contribution in [3.05, 3.63) is 47.8 Å². The number of rotatable bonds is 8. The Kier molecular flexibility index (Phi) is 5.81. The van der Waals surface area contributed by atoms with Crippen LogP contribution in [0.3, 0.4) is 0 Å².